The SMILES string of the molecule is OCC(=Cc1cc(Br)ccc1F)C1CCCCC1. The van der Waals surface area contributed by atoms with Crippen LogP contribution in [0.25, 0.3) is 6.08 Å². The van der Waals surface area contributed by atoms with Crippen LogP contribution < -0.4 is 0 Å². The van der Waals surface area contributed by atoms with Gasteiger partial charge in [0.25, 0.3) is 0 Å². The third kappa shape index (κ3) is 3.42. The van der Waals surface area contributed by atoms with E-state index in [1.165, 1.54) is 25.3 Å². The number of aliphatic hydroxyl groups excluding tert-OH is 1. The Morgan fingerprint density at radius 3 is 2.72 bits per heavy atom. The maximum absolute atomic E-state index is 13.7. The highest BCUT2D eigenvalue weighted by atomic mass is 79.9. The zero-order chi connectivity index (χ0) is 13.0. The van der Waals surface area contributed by atoms with Crippen LogP contribution in [0.2, 0.25) is 0 Å². The normalized spacial score (nSPS) is 18.1. The van der Waals surface area contributed by atoms with Gasteiger partial charge in [0.1, 0.15) is 5.82 Å². The molecule has 2 rings (SSSR count). The van der Waals surface area contributed by atoms with Crippen molar-refractivity contribution in [1.29, 1.82) is 0 Å². The van der Waals surface area contributed by atoms with E-state index in [0.29, 0.717) is 11.5 Å². The summed E-state index contributed by atoms with van der Waals surface area (Å²) in [4.78, 5) is 0. The molecule has 1 aliphatic carbocycles. The molecule has 0 aromatic heterocycles. The van der Waals surface area contributed by atoms with Gasteiger partial charge in [-0.3, -0.25) is 0 Å². The second kappa shape index (κ2) is 6.48. The van der Waals surface area contributed by atoms with Gasteiger partial charge in [-0.15, -0.1) is 0 Å². The van der Waals surface area contributed by atoms with E-state index in [1.54, 1.807) is 12.1 Å². The zero-order valence-corrected chi connectivity index (χ0v) is 11.9. The van der Waals surface area contributed by atoms with Gasteiger partial charge in [-0.1, -0.05) is 41.3 Å². The fourth-order valence-corrected chi connectivity index (χ4v) is 2.97. The monoisotopic (exact) mass is 312 g/mol. The van der Waals surface area contributed by atoms with Crippen LogP contribution in [0.4, 0.5) is 4.39 Å². The van der Waals surface area contributed by atoms with Gasteiger partial charge in [-0.25, -0.2) is 4.39 Å². The smallest absolute Gasteiger partial charge is 0.130 e. The molecule has 0 saturated heterocycles. The van der Waals surface area contributed by atoms with Crippen molar-refractivity contribution >= 4 is 22.0 Å². The van der Waals surface area contributed by atoms with E-state index in [2.05, 4.69) is 15.9 Å². The van der Waals surface area contributed by atoms with Gasteiger partial charge >= 0.3 is 0 Å². The third-order valence-corrected chi connectivity index (χ3v) is 4.10. The standard InChI is InChI=1S/C15H18BrFO/c16-14-6-7-15(17)12(9-14)8-13(10-18)11-4-2-1-3-5-11/h6-9,11,18H,1-5,10H2. The Kier molecular flexibility index (Phi) is 4.95. The van der Waals surface area contributed by atoms with Crippen LogP contribution in [0.1, 0.15) is 37.7 Å². The number of hydrogen-bond acceptors (Lipinski definition) is 1. The molecule has 1 aromatic rings. The maximum atomic E-state index is 13.7. The van der Waals surface area contributed by atoms with E-state index >= 15 is 0 Å². The zero-order valence-electron chi connectivity index (χ0n) is 10.3. The maximum Gasteiger partial charge on any atom is 0.130 e. The largest absolute Gasteiger partial charge is 0.392 e. The lowest BCUT2D eigenvalue weighted by atomic mass is 9.83. The Bertz CT molecular complexity index is 436. The fourth-order valence-electron chi connectivity index (χ4n) is 2.59. The molecule has 0 radical (unpaired) electrons. The van der Waals surface area contributed by atoms with Crippen LogP contribution in [0.5, 0.6) is 0 Å². The highest BCUT2D eigenvalue weighted by Gasteiger charge is 2.17. The third-order valence-electron chi connectivity index (χ3n) is 3.61. The van der Waals surface area contributed by atoms with E-state index in [9.17, 15) is 9.50 Å². The molecule has 0 aliphatic heterocycles. The van der Waals surface area contributed by atoms with E-state index in [-0.39, 0.29) is 12.4 Å². The molecule has 3 heteroatoms. The summed E-state index contributed by atoms with van der Waals surface area (Å²) in [6, 6.07) is 4.89. The molecule has 0 unspecified atom stereocenters. The van der Waals surface area contributed by atoms with Crippen LogP contribution >= 0.6 is 15.9 Å². The van der Waals surface area contributed by atoms with Gasteiger partial charge in [0, 0.05) is 10.0 Å². The Labute approximate surface area is 116 Å². The summed E-state index contributed by atoms with van der Waals surface area (Å²) in [6.07, 6.45) is 7.74. The molecule has 98 valence electrons. The molecule has 0 amide bonds. The highest BCUT2D eigenvalue weighted by molar-refractivity contribution is 9.10. The minimum absolute atomic E-state index is 0.0244. The molecular weight excluding hydrogens is 295 g/mol. The van der Waals surface area contributed by atoms with Gasteiger partial charge in [-0.2, -0.15) is 0 Å². The summed E-state index contributed by atoms with van der Waals surface area (Å²) >= 11 is 3.35. The Morgan fingerprint density at radius 1 is 1.33 bits per heavy atom. The van der Waals surface area contributed by atoms with Crippen LogP contribution in [-0.2, 0) is 0 Å². The minimum atomic E-state index is -0.236. The van der Waals surface area contributed by atoms with Gasteiger partial charge in [-0.05, 0) is 42.5 Å². The predicted molar refractivity (Wildman–Crippen MR) is 75.7 cm³/mol. The predicted octanol–water partition coefficient (Wildman–Crippen LogP) is 4.54. The molecule has 18 heavy (non-hydrogen) atoms. The molecule has 0 heterocycles. The summed E-state index contributed by atoms with van der Waals surface area (Å²) in [5.41, 5.74) is 1.52. The lowest BCUT2D eigenvalue weighted by Crippen LogP contribution is -2.11. The van der Waals surface area contributed by atoms with Crippen LogP contribution in [-0.4, -0.2) is 11.7 Å². The molecule has 1 fully saturated rings. The number of hydrogen-bond donors (Lipinski definition) is 1. The number of halogens is 2. The molecular formula is C15H18BrFO. The lowest BCUT2D eigenvalue weighted by molar-refractivity contribution is 0.295. The van der Waals surface area contributed by atoms with E-state index < -0.39 is 0 Å². The van der Waals surface area contributed by atoms with Gasteiger partial charge in [0.15, 0.2) is 0 Å². The van der Waals surface area contributed by atoms with Crippen molar-refractivity contribution in [1.82, 2.24) is 0 Å². The molecule has 1 N–H and O–H groups in total. The minimum Gasteiger partial charge on any atom is -0.392 e. The average molecular weight is 313 g/mol. The topological polar surface area (TPSA) is 20.2 Å². The van der Waals surface area contributed by atoms with Crippen molar-refractivity contribution in [3.05, 3.63) is 39.6 Å². The van der Waals surface area contributed by atoms with Crippen LogP contribution in [0.3, 0.4) is 0 Å². The van der Waals surface area contributed by atoms with Crippen molar-refractivity contribution in [2.24, 2.45) is 5.92 Å². The fraction of sp³-hybridized carbons (Fsp3) is 0.467. The molecule has 1 aliphatic rings. The Hall–Kier alpha value is -0.670. The number of benzene rings is 1. The first-order chi connectivity index (χ1) is 8.70. The first-order valence-corrected chi connectivity index (χ1v) is 7.26. The summed E-state index contributed by atoms with van der Waals surface area (Å²) in [5, 5.41) is 9.50. The average Bonchev–Trinajstić information content (AvgIpc) is 2.41. The summed E-state index contributed by atoms with van der Waals surface area (Å²) < 4.78 is 14.5. The number of rotatable bonds is 3. The first kappa shape index (κ1) is 13.8. The molecule has 1 nitrogen and oxygen atoms in total. The van der Waals surface area contributed by atoms with E-state index in [1.807, 2.05) is 6.08 Å². The molecule has 0 spiro atoms. The second-order valence-electron chi connectivity index (χ2n) is 4.88. The Morgan fingerprint density at radius 2 is 2.06 bits per heavy atom. The second-order valence-corrected chi connectivity index (χ2v) is 5.79. The lowest BCUT2D eigenvalue weighted by Gasteiger charge is -2.23. The van der Waals surface area contributed by atoms with Crippen LogP contribution in [0, 0.1) is 11.7 Å². The first-order valence-electron chi connectivity index (χ1n) is 6.47. The van der Waals surface area contributed by atoms with Crippen molar-refractivity contribution in [3.63, 3.8) is 0 Å². The summed E-state index contributed by atoms with van der Waals surface area (Å²) in [7, 11) is 0. The van der Waals surface area contributed by atoms with Gasteiger partial charge in [0.2, 0.25) is 0 Å². The van der Waals surface area contributed by atoms with Crippen molar-refractivity contribution in [2.45, 2.75) is 32.1 Å². The number of aliphatic hydroxyl groups is 1. The van der Waals surface area contributed by atoms with E-state index in [0.717, 1.165) is 22.9 Å². The van der Waals surface area contributed by atoms with E-state index in [4.69, 9.17) is 0 Å². The Balaban J connectivity index is 2.24. The van der Waals surface area contributed by atoms with Crippen molar-refractivity contribution < 1.29 is 9.50 Å². The molecule has 1 saturated carbocycles. The molecule has 0 bridgehead atoms. The van der Waals surface area contributed by atoms with Crippen molar-refractivity contribution in [3.8, 4) is 0 Å². The van der Waals surface area contributed by atoms with Crippen LogP contribution in [0.15, 0.2) is 28.2 Å². The van der Waals surface area contributed by atoms with Gasteiger partial charge in [0.05, 0.1) is 6.61 Å². The molecule has 0 atom stereocenters. The van der Waals surface area contributed by atoms with Gasteiger partial charge < -0.3 is 5.11 Å². The highest BCUT2D eigenvalue weighted by Crippen LogP contribution is 2.31. The van der Waals surface area contributed by atoms with Crippen molar-refractivity contribution in [2.75, 3.05) is 6.61 Å². The summed E-state index contributed by atoms with van der Waals surface area (Å²) in [5.74, 6) is 0.182. The quantitative estimate of drug-likeness (QED) is 0.868. The summed E-state index contributed by atoms with van der Waals surface area (Å²) in [6.45, 7) is 0.0244. The molecule has 1 aromatic carbocycles.